The van der Waals surface area contributed by atoms with Crippen LogP contribution >= 0.6 is 0 Å². The van der Waals surface area contributed by atoms with Crippen LogP contribution in [0.25, 0.3) is 10.8 Å². The lowest BCUT2D eigenvalue weighted by atomic mass is 10.1. The lowest BCUT2D eigenvalue weighted by Gasteiger charge is -2.09. The van der Waals surface area contributed by atoms with Gasteiger partial charge in [-0.15, -0.1) is 0 Å². The molecule has 0 atom stereocenters. The van der Waals surface area contributed by atoms with Gasteiger partial charge < -0.3 is 10.1 Å². The normalized spacial score (nSPS) is 11.2. The van der Waals surface area contributed by atoms with Gasteiger partial charge in [-0.05, 0) is 36.9 Å². The first kappa shape index (κ1) is 20.1. The Morgan fingerprint density at radius 2 is 1.66 bits per heavy atom. The number of hydrazone groups is 1. The molecule has 2 N–H and O–H groups in total. The summed E-state index contributed by atoms with van der Waals surface area (Å²) in [5.74, 6) is 0.0629. The molecule has 3 aromatic carbocycles. The monoisotopic (exact) mass is 389 g/mol. The Labute approximate surface area is 169 Å². The smallest absolute Gasteiger partial charge is 0.277 e. The van der Waals surface area contributed by atoms with Gasteiger partial charge in [0.05, 0.1) is 6.42 Å². The molecule has 0 aliphatic heterocycles. The summed E-state index contributed by atoms with van der Waals surface area (Å²) in [5, 5.41) is 8.90. The van der Waals surface area contributed by atoms with Gasteiger partial charge in [-0.2, -0.15) is 5.10 Å². The van der Waals surface area contributed by atoms with Gasteiger partial charge in [0.15, 0.2) is 6.61 Å². The van der Waals surface area contributed by atoms with E-state index in [9.17, 15) is 9.59 Å². The minimum absolute atomic E-state index is 0.0716. The standard InChI is InChI=1S/C23H23N3O3/c1-16-8-3-6-13-21(16)29-15-23(28)26-25-17(2)14-22(27)24-20-12-7-10-18-9-4-5-11-19(18)20/h3-13H,14-15H2,1-2H3,(H,24,27)(H,26,28)/b25-17+. The number of anilines is 1. The fraction of sp³-hybridized carbons (Fsp3) is 0.174. The van der Waals surface area contributed by atoms with Crippen molar-refractivity contribution in [1.29, 1.82) is 0 Å². The Bertz CT molecular complexity index is 1050. The zero-order valence-corrected chi connectivity index (χ0v) is 16.4. The molecular weight excluding hydrogens is 366 g/mol. The maximum absolute atomic E-state index is 12.3. The van der Waals surface area contributed by atoms with Crippen LogP contribution < -0.4 is 15.5 Å². The Morgan fingerprint density at radius 1 is 0.931 bits per heavy atom. The van der Waals surface area contributed by atoms with Crippen LogP contribution in [0.2, 0.25) is 0 Å². The molecule has 0 aliphatic carbocycles. The third kappa shape index (κ3) is 5.65. The van der Waals surface area contributed by atoms with Crippen LogP contribution in [0.5, 0.6) is 5.75 Å². The lowest BCUT2D eigenvalue weighted by molar-refractivity contribution is -0.123. The van der Waals surface area contributed by atoms with E-state index in [0.717, 1.165) is 22.0 Å². The van der Waals surface area contributed by atoms with Crippen molar-refractivity contribution in [3.63, 3.8) is 0 Å². The number of fused-ring (bicyclic) bond motifs is 1. The van der Waals surface area contributed by atoms with Crippen LogP contribution in [0.15, 0.2) is 71.8 Å². The summed E-state index contributed by atoms with van der Waals surface area (Å²) in [5.41, 5.74) is 4.60. The van der Waals surface area contributed by atoms with Gasteiger partial charge in [-0.1, -0.05) is 54.6 Å². The van der Waals surface area contributed by atoms with Crippen molar-refractivity contribution in [2.75, 3.05) is 11.9 Å². The number of carbonyl (C=O) groups excluding carboxylic acids is 2. The van der Waals surface area contributed by atoms with E-state index in [1.807, 2.05) is 67.6 Å². The maximum Gasteiger partial charge on any atom is 0.277 e. The summed E-state index contributed by atoms with van der Waals surface area (Å²) in [4.78, 5) is 24.2. The Balaban J connectivity index is 1.50. The van der Waals surface area contributed by atoms with Gasteiger partial charge >= 0.3 is 0 Å². The van der Waals surface area contributed by atoms with Crippen molar-refractivity contribution < 1.29 is 14.3 Å². The minimum atomic E-state index is -0.387. The molecule has 0 spiro atoms. The number of ether oxygens (including phenoxy) is 1. The van der Waals surface area contributed by atoms with Crippen LogP contribution in [-0.2, 0) is 9.59 Å². The molecule has 6 nitrogen and oxygen atoms in total. The number of aryl methyl sites for hydroxylation is 1. The average molecular weight is 389 g/mol. The van der Waals surface area contributed by atoms with E-state index >= 15 is 0 Å². The summed E-state index contributed by atoms with van der Waals surface area (Å²) < 4.78 is 5.47. The largest absolute Gasteiger partial charge is 0.483 e. The second-order valence-corrected chi connectivity index (χ2v) is 6.69. The molecule has 3 aromatic rings. The Kier molecular flexibility index (Phi) is 6.58. The summed E-state index contributed by atoms with van der Waals surface area (Å²) in [6.07, 6.45) is 0.0716. The van der Waals surface area contributed by atoms with Gasteiger partial charge in [0, 0.05) is 16.8 Å². The first-order valence-electron chi connectivity index (χ1n) is 9.31. The fourth-order valence-corrected chi connectivity index (χ4v) is 2.85. The van der Waals surface area contributed by atoms with E-state index in [1.54, 1.807) is 13.0 Å². The number of nitrogens with zero attached hydrogens (tertiary/aromatic N) is 1. The van der Waals surface area contributed by atoms with E-state index in [0.29, 0.717) is 11.5 Å². The van der Waals surface area contributed by atoms with Crippen molar-refractivity contribution >= 4 is 34.0 Å². The molecule has 0 radical (unpaired) electrons. The van der Waals surface area contributed by atoms with Gasteiger partial charge in [-0.3, -0.25) is 9.59 Å². The highest BCUT2D eigenvalue weighted by Crippen LogP contribution is 2.23. The number of rotatable bonds is 7. The third-order valence-electron chi connectivity index (χ3n) is 4.30. The van der Waals surface area contributed by atoms with E-state index in [2.05, 4.69) is 15.8 Å². The van der Waals surface area contributed by atoms with Crippen LogP contribution in [0.4, 0.5) is 5.69 Å². The number of nitrogens with one attached hydrogen (secondary N) is 2. The minimum Gasteiger partial charge on any atom is -0.483 e. The molecule has 0 heterocycles. The average Bonchev–Trinajstić information content (AvgIpc) is 2.72. The van der Waals surface area contributed by atoms with Crippen LogP contribution in [0.3, 0.4) is 0 Å². The van der Waals surface area contributed by atoms with E-state index < -0.39 is 0 Å². The Morgan fingerprint density at radius 3 is 2.48 bits per heavy atom. The molecule has 0 fully saturated rings. The second-order valence-electron chi connectivity index (χ2n) is 6.69. The second kappa shape index (κ2) is 9.50. The molecule has 0 saturated heterocycles. The van der Waals surface area contributed by atoms with Crippen LogP contribution in [0, 0.1) is 6.92 Å². The molecule has 6 heteroatoms. The molecule has 0 saturated carbocycles. The Hall–Kier alpha value is -3.67. The molecular formula is C23H23N3O3. The predicted octanol–water partition coefficient (Wildman–Crippen LogP) is 4.05. The highest BCUT2D eigenvalue weighted by molar-refractivity contribution is 6.09. The van der Waals surface area contributed by atoms with Gasteiger partial charge in [0.2, 0.25) is 5.91 Å². The predicted molar refractivity (Wildman–Crippen MR) is 115 cm³/mol. The number of hydrogen-bond acceptors (Lipinski definition) is 4. The molecule has 0 unspecified atom stereocenters. The van der Waals surface area contributed by atoms with Crippen LogP contribution in [0.1, 0.15) is 18.9 Å². The highest BCUT2D eigenvalue weighted by atomic mass is 16.5. The quantitative estimate of drug-likeness (QED) is 0.473. The SMILES string of the molecule is C/C(CC(=O)Nc1cccc2ccccc12)=N\NC(=O)COc1ccccc1C. The van der Waals surface area contributed by atoms with Gasteiger partial charge in [0.25, 0.3) is 5.91 Å². The molecule has 2 amide bonds. The molecule has 29 heavy (non-hydrogen) atoms. The first-order valence-corrected chi connectivity index (χ1v) is 9.31. The number of benzene rings is 3. The molecule has 0 bridgehead atoms. The molecule has 0 aliphatic rings. The third-order valence-corrected chi connectivity index (χ3v) is 4.30. The number of hydrogen-bond donors (Lipinski definition) is 2. The van der Waals surface area contributed by atoms with Crippen molar-refractivity contribution in [3.8, 4) is 5.75 Å². The summed E-state index contributed by atoms with van der Waals surface area (Å²) in [6.45, 7) is 3.44. The van der Waals surface area contributed by atoms with E-state index in [4.69, 9.17) is 4.74 Å². The molecule has 3 rings (SSSR count). The molecule has 148 valence electrons. The van der Waals surface area contributed by atoms with Crippen molar-refractivity contribution in [1.82, 2.24) is 5.43 Å². The van der Waals surface area contributed by atoms with E-state index in [-0.39, 0.29) is 24.8 Å². The van der Waals surface area contributed by atoms with Crippen molar-refractivity contribution in [2.24, 2.45) is 5.10 Å². The number of para-hydroxylation sites is 1. The maximum atomic E-state index is 12.3. The van der Waals surface area contributed by atoms with Gasteiger partial charge in [0.1, 0.15) is 5.75 Å². The zero-order valence-electron chi connectivity index (χ0n) is 16.4. The summed E-state index contributed by atoms with van der Waals surface area (Å²) in [6, 6.07) is 21.0. The number of carbonyl (C=O) groups is 2. The molecule has 0 aromatic heterocycles. The highest BCUT2D eigenvalue weighted by Gasteiger charge is 2.08. The topological polar surface area (TPSA) is 79.8 Å². The van der Waals surface area contributed by atoms with Crippen molar-refractivity contribution in [2.45, 2.75) is 20.3 Å². The fourth-order valence-electron chi connectivity index (χ4n) is 2.85. The van der Waals surface area contributed by atoms with Gasteiger partial charge in [-0.25, -0.2) is 5.43 Å². The summed E-state index contributed by atoms with van der Waals surface area (Å²) in [7, 11) is 0. The lowest BCUT2D eigenvalue weighted by Crippen LogP contribution is -2.26. The van der Waals surface area contributed by atoms with E-state index in [1.165, 1.54) is 0 Å². The number of amides is 2. The first-order chi connectivity index (χ1) is 14.0. The van der Waals surface area contributed by atoms with Crippen LogP contribution in [-0.4, -0.2) is 24.1 Å². The van der Waals surface area contributed by atoms with Crippen molar-refractivity contribution in [3.05, 3.63) is 72.3 Å². The summed E-state index contributed by atoms with van der Waals surface area (Å²) >= 11 is 0. The zero-order chi connectivity index (χ0) is 20.6.